The number of urea groups is 1. The molecule has 1 fully saturated rings. The smallest absolute Gasteiger partial charge is 0.314 e. The summed E-state index contributed by atoms with van der Waals surface area (Å²) in [4.78, 5) is 22.6. The van der Waals surface area contributed by atoms with Gasteiger partial charge in [0.05, 0.1) is 5.92 Å². The Bertz CT molecular complexity index is 314. The third-order valence-corrected chi connectivity index (χ3v) is 3.86. The first kappa shape index (κ1) is 15.8. The van der Waals surface area contributed by atoms with E-state index in [1.54, 1.807) is 0 Å². The summed E-state index contributed by atoms with van der Waals surface area (Å²) in [5.74, 6) is -1.33. The number of aliphatic carboxylic acids is 1. The molecule has 0 aromatic heterocycles. The zero-order chi connectivity index (χ0) is 14.3. The quantitative estimate of drug-likeness (QED) is 0.602. The van der Waals surface area contributed by atoms with E-state index in [1.807, 2.05) is 6.92 Å². The van der Waals surface area contributed by atoms with Crippen molar-refractivity contribution in [1.82, 2.24) is 10.6 Å². The molecule has 1 unspecified atom stereocenters. The summed E-state index contributed by atoms with van der Waals surface area (Å²) in [7, 11) is 0. The Morgan fingerprint density at radius 2 is 1.89 bits per heavy atom. The topological polar surface area (TPSA) is 78.4 Å². The number of amides is 2. The first-order valence-corrected chi connectivity index (χ1v) is 7.27. The van der Waals surface area contributed by atoms with Crippen molar-refractivity contribution in [3.8, 4) is 0 Å². The third kappa shape index (κ3) is 5.49. The van der Waals surface area contributed by atoms with Crippen LogP contribution in [-0.2, 0) is 4.79 Å². The van der Waals surface area contributed by atoms with Crippen molar-refractivity contribution in [2.24, 2.45) is 11.3 Å². The zero-order valence-electron chi connectivity index (χ0n) is 12.0. The molecule has 0 saturated heterocycles. The van der Waals surface area contributed by atoms with Crippen LogP contribution in [0.2, 0.25) is 0 Å². The van der Waals surface area contributed by atoms with Gasteiger partial charge in [-0.3, -0.25) is 4.79 Å². The van der Waals surface area contributed by atoms with E-state index in [2.05, 4.69) is 17.6 Å². The Hall–Kier alpha value is -1.26. The molecule has 5 heteroatoms. The minimum Gasteiger partial charge on any atom is -0.481 e. The lowest BCUT2D eigenvalue weighted by Gasteiger charge is -2.17. The number of carboxylic acid groups (broad SMARTS) is 1. The molecular weight excluding hydrogens is 244 g/mol. The predicted octanol–water partition coefficient (Wildman–Crippen LogP) is 2.37. The molecule has 5 nitrogen and oxygen atoms in total. The van der Waals surface area contributed by atoms with E-state index in [1.165, 1.54) is 12.8 Å². The SMILES string of the molecule is CCCC(CNC(=O)NCC1(CCC)CC1)C(=O)O. The highest BCUT2D eigenvalue weighted by molar-refractivity contribution is 5.75. The van der Waals surface area contributed by atoms with Gasteiger partial charge in [-0.25, -0.2) is 4.79 Å². The van der Waals surface area contributed by atoms with Gasteiger partial charge < -0.3 is 15.7 Å². The molecule has 19 heavy (non-hydrogen) atoms. The summed E-state index contributed by atoms with van der Waals surface area (Å²) in [6.45, 7) is 5.01. The van der Waals surface area contributed by atoms with Crippen LogP contribution in [0.15, 0.2) is 0 Å². The van der Waals surface area contributed by atoms with E-state index in [9.17, 15) is 9.59 Å². The van der Waals surface area contributed by atoms with Crippen LogP contribution >= 0.6 is 0 Å². The van der Waals surface area contributed by atoms with Gasteiger partial charge in [0.2, 0.25) is 0 Å². The van der Waals surface area contributed by atoms with Gasteiger partial charge in [-0.15, -0.1) is 0 Å². The second-order valence-corrected chi connectivity index (χ2v) is 5.64. The summed E-state index contributed by atoms with van der Waals surface area (Å²) < 4.78 is 0. The number of carbonyl (C=O) groups is 2. The van der Waals surface area contributed by atoms with Gasteiger partial charge in [-0.1, -0.05) is 26.7 Å². The maximum absolute atomic E-state index is 11.6. The highest BCUT2D eigenvalue weighted by atomic mass is 16.4. The van der Waals surface area contributed by atoms with Gasteiger partial charge in [0, 0.05) is 13.1 Å². The monoisotopic (exact) mass is 270 g/mol. The van der Waals surface area contributed by atoms with E-state index in [0.29, 0.717) is 18.4 Å². The average molecular weight is 270 g/mol. The molecule has 3 N–H and O–H groups in total. The number of nitrogens with one attached hydrogen (secondary N) is 2. The Balaban J connectivity index is 2.22. The fourth-order valence-electron chi connectivity index (χ4n) is 2.43. The maximum Gasteiger partial charge on any atom is 0.314 e. The highest BCUT2D eigenvalue weighted by Gasteiger charge is 2.41. The summed E-state index contributed by atoms with van der Waals surface area (Å²) in [6.07, 6.45) is 6.07. The van der Waals surface area contributed by atoms with Crippen LogP contribution < -0.4 is 10.6 Å². The molecule has 110 valence electrons. The lowest BCUT2D eigenvalue weighted by molar-refractivity contribution is -0.141. The van der Waals surface area contributed by atoms with Gasteiger partial charge in [0.1, 0.15) is 0 Å². The summed E-state index contributed by atoms with van der Waals surface area (Å²) in [6, 6.07) is -0.246. The van der Waals surface area contributed by atoms with Crippen molar-refractivity contribution in [2.75, 3.05) is 13.1 Å². The zero-order valence-corrected chi connectivity index (χ0v) is 12.0. The van der Waals surface area contributed by atoms with Crippen molar-refractivity contribution in [3.05, 3.63) is 0 Å². The second-order valence-electron chi connectivity index (χ2n) is 5.64. The molecule has 0 radical (unpaired) electrons. The van der Waals surface area contributed by atoms with Crippen molar-refractivity contribution >= 4 is 12.0 Å². The molecular formula is C14H26N2O3. The first-order valence-electron chi connectivity index (χ1n) is 7.27. The number of carboxylic acids is 1. The molecule has 1 rings (SSSR count). The third-order valence-electron chi connectivity index (χ3n) is 3.86. The Labute approximate surface area is 115 Å². The van der Waals surface area contributed by atoms with E-state index in [-0.39, 0.29) is 12.6 Å². The highest BCUT2D eigenvalue weighted by Crippen LogP contribution is 2.48. The molecule has 2 amide bonds. The van der Waals surface area contributed by atoms with Crippen LogP contribution in [0.5, 0.6) is 0 Å². The molecule has 1 saturated carbocycles. The number of hydrogen-bond acceptors (Lipinski definition) is 2. The van der Waals surface area contributed by atoms with Crippen LogP contribution in [-0.4, -0.2) is 30.2 Å². The Kier molecular flexibility index (Phi) is 6.12. The van der Waals surface area contributed by atoms with Crippen molar-refractivity contribution in [3.63, 3.8) is 0 Å². The molecule has 1 atom stereocenters. The fraction of sp³-hybridized carbons (Fsp3) is 0.857. The summed E-state index contributed by atoms with van der Waals surface area (Å²) >= 11 is 0. The molecule has 1 aliphatic carbocycles. The van der Waals surface area contributed by atoms with E-state index >= 15 is 0 Å². The molecule has 0 aromatic rings. The van der Waals surface area contributed by atoms with E-state index < -0.39 is 11.9 Å². The lowest BCUT2D eigenvalue weighted by Crippen LogP contribution is -2.42. The molecule has 1 aliphatic rings. The maximum atomic E-state index is 11.6. The Morgan fingerprint density at radius 1 is 1.21 bits per heavy atom. The molecule has 0 aromatic carbocycles. The number of hydrogen-bond donors (Lipinski definition) is 3. The van der Waals surface area contributed by atoms with Gasteiger partial charge in [0.15, 0.2) is 0 Å². The number of rotatable bonds is 9. The van der Waals surface area contributed by atoms with Crippen LogP contribution in [0.3, 0.4) is 0 Å². The molecule has 0 aliphatic heterocycles. The van der Waals surface area contributed by atoms with Crippen molar-refractivity contribution < 1.29 is 14.7 Å². The van der Waals surface area contributed by atoms with Gasteiger partial charge in [-0.2, -0.15) is 0 Å². The van der Waals surface area contributed by atoms with Crippen LogP contribution in [0, 0.1) is 11.3 Å². The van der Waals surface area contributed by atoms with Crippen LogP contribution in [0.1, 0.15) is 52.4 Å². The van der Waals surface area contributed by atoms with Crippen molar-refractivity contribution in [1.29, 1.82) is 0 Å². The molecule has 0 bridgehead atoms. The second kappa shape index (κ2) is 7.36. The lowest BCUT2D eigenvalue weighted by atomic mass is 10.0. The minimum atomic E-state index is -0.841. The minimum absolute atomic E-state index is 0.204. The van der Waals surface area contributed by atoms with Gasteiger partial charge >= 0.3 is 12.0 Å². The molecule has 0 spiro atoms. The van der Waals surface area contributed by atoms with Crippen LogP contribution in [0.25, 0.3) is 0 Å². The van der Waals surface area contributed by atoms with Gasteiger partial charge in [0.25, 0.3) is 0 Å². The van der Waals surface area contributed by atoms with Crippen LogP contribution in [0.4, 0.5) is 4.79 Å². The normalized spacial score (nSPS) is 17.6. The average Bonchev–Trinajstić information content (AvgIpc) is 3.12. The standard InChI is InChI=1S/C14H26N2O3/c1-3-5-11(12(17)18)9-15-13(19)16-10-14(6-4-2)7-8-14/h11H,3-10H2,1-2H3,(H,17,18)(H2,15,16,19). The van der Waals surface area contributed by atoms with E-state index in [0.717, 1.165) is 19.3 Å². The summed E-state index contributed by atoms with van der Waals surface area (Å²) in [5.41, 5.74) is 0.321. The van der Waals surface area contributed by atoms with Crippen molar-refractivity contribution in [2.45, 2.75) is 52.4 Å². The summed E-state index contributed by atoms with van der Waals surface area (Å²) in [5, 5.41) is 14.5. The largest absolute Gasteiger partial charge is 0.481 e. The predicted molar refractivity (Wildman–Crippen MR) is 74.0 cm³/mol. The number of carbonyl (C=O) groups excluding carboxylic acids is 1. The Morgan fingerprint density at radius 3 is 2.37 bits per heavy atom. The van der Waals surface area contributed by atoms with E-state index in [4.69, 9.17) is 5.11 Å². The van der Waals surface area contributed by atoms with Gasteiger partial charge in [-0.05, 0) is 31.1 Å². The first-order chi connectivity index (χ1) is 9.03. The molecule has 0 heterocycles. The fourth-order valence-corrected chi connectivity index (χ4v) is 2.43.